The number of hydrogen-bond donors (Lipinski definition) is 1. The number of carbonyl (C=O) groups is 3. The van der Waals surface area contributed by atoms with Crippen molar-refractivity contribution in [3.63, 3.8) is 0 Å². The van der Waals surface area contributed by atoms with Crippen molar-refractivity contribution in [3.05, 3.63) is 46.2 Å². The Morgan fingerprint density at radius 1 is 0.964 bits per heavy atom. The zero-order chi connectivity index (χ0) is 20.9. The average molecular weight is 403 g/mol. The second-order valence-electron chi connectivity index (χ2n) is 9.76. The number of Topliss-reactive ketones (excluding diaryl/α,β-unsaturated/α-hetero) is 3. The van der Waals surface area contributed by atoms with Gasteiger partial charge in [-0.15, -0.1) is 0 Å². The molecule has 1 saturated carbocycles. The second-order valence-corrected chi connectivity index (χ2v) is 10.2. The molecule has 1 fully saturated rings. The molecule has 0 bridgehead atoms. The number of aliphatic hydroxyl groups excluding tert-OH is 1. The quantitative estimate of drug-likeness (QED) is 0.705. The summed E-state index contributed by atoms with van der Waals surface area (Å²) in [5.74, 6) is -2.33. The van der Waals surface area contributed by atoms with Crippen molar-refractivity contribution in [2.75, 3.05) is 0 Å². The number of hydrogen-bond acceptors (Lipinski definition) is 4. The van der Waals surface area contributed by atoms with Gasteiger partial charge in [0.25, 0.3) is 0 Å². The second kappa shape index (κ2) is 7.14. The van der Waals surface area contributed by atoms with Gasteiger partial charge in [-0.05, 0) is 28.5 Å². The monoisotopic (exact) mass is 402 g/mol. The van der Waals surface area contributed by atoms with Crippen LogP contribution in [-0.4, -0.2) is 22.5 Å². The molecular weight excluding hydrogens is 376 g/mol. The van der Waals surface area contributed by atoms with Crippen LogP contribution in [0.3, 0.4) is 0 Å². The number of halogens is 1. The maximum Gasteiger partial charge on any atom is 0.163 e. The number of carbonyl (C=O) groups excluding carboxylic acids is 3. The minimum Gasteiger partial charge on any atom is -0.512 e. The predicted octanol–water partition coefficient (Wildman–Crippen LogP) is 5.20. The first-order chi connectivity index (χ1) is 12.9. The third kappa shape index (κ3) is 4.07. The first kappa shape index (κ1) is 20.8. The molecule has 28 heavy (non-hydrogen) atoms. The Hall–Kier alpha value is -1.94. The van der Waals surface area contributed by atoms with E-state index < -0.39 is 17.3 Å². The van der Waals surface area contributed by atoms with E-state index >= 15 is 0 Å². The molecule has 4 nitrogen and oxygen atoms in total. The fourth-order valence-electron chi connectivity index (χ4n) is 4.66. The van der Waals surface area contributed by atoms with Gasteiger partial charge < -0.3 is 5.11 Å². The molecular formula is C23H27ClO4. The molecule has 1 aromatic rings. The van der Waals surface area contributed by atoms with E-state index in [0.29, 0.717) is 17.0 Å². The Kier molecular flexibility index (Phi) is 5.30. The van der Waals surface area contributed by atoms with Gasteiger partial charge in [-0.1, -0.05) is 51.4 Å². The summed E-state index contributed by atoms with van der Waals surface area (Å²) in [6.07, 6.45) is 1.15. The molecule has 1 unspecified atom stereocenters. The summed E-state index contributed by atoms with van der Waals surface area (Å²) in [6.45, 7) is 7.65. The van der Waals surface area contributed by atoms with Crippen LogP contribution in [0, 0.1) is 16.7 Å². The summed E-state index contributed by atoms with van der Waals surface area (Å²) in [4.78, 5) is 39.1. The van der Waals surface area contributed by atoms with E-state index in [2.05, 4.69) is 0 Å². The smallest absolute Gasteiger partial charge is 0.163 e. The van der Waals surface area contributed by atoms with Crippen molar-refractivity contribution < 1.29 is 19.5 Å². The molecule has 1 N–H and O–H groups in total. The Balaban J connectivity index is 2.16. The van der Waals surface area contributed by atoms with Crippen LogP contribution >= 0.6 is 11.6 Å². The van der Waals surface area contributed by atoms with E-state index in [1.54, 1.807) is 24.3 Å². The van der Waals surface area contributed by atoms with Gasteiger partial charge in [0.15, 0.2) is 5.78 Å². The van der Waals surface area contributed by atoms with E-state index in [1.165, 1.54) is 0 Å². The molecule has 150 valence electrons. The van der Waals surface area contributed by atoms with Crippen LogP contribution in [0.25, 0.3) is 0 Å². The van der Waals surface area contributed by atoms with Crippen molar-refractivity contribution in [2.24, 2.45) is 16.7 Å². The maximum atomic E-state index is 13.0. The highest BCUT2D eigenvalue weighted by Gasteiger charge is 2.48. The van der Waals surface area contributed by atoms with Crippen LogP contribution in [0.4, 0.5) is 0 Å². The molecule has 5 heteroatoms. The first-order valence-electron chi connectivity index (χ1n) is 9.66. The molecule has 3 rings (SSSR count). The van der Waals surface area contributed by atoms with Crippen molar-refractivity contribution in [3.8, 4) is 0 Å². The lowest BCUT2D eigenvalue weighted by atomic mass is 9.62. The minimum atomic E-state index is -0.964. The standard InChI is InChI=1S/C23H27ClO4/c1-22(2)9-15(25)20(16(26)10-22)19(13-6-5-7-14(24)8-13)21-17(27)11-23(3,4)12-18(21)28/h5-8,19-20,27H,9-12H2,1-4H3. The number of benzene rings is 1. The van der Waals surface area contributed by atoms with E-state index in [0.717, 1.165) is 0 Å². The molecule has 2 aliphatic rings. The van der Waals surface area contributed by atoms with Crippen LogP contribution in [0.2, 0.25) is 5.02 Å². The van der Waals surface area contributed by atoms with E-state index in [-0.39, 0.29) is 53.4 Å². The lowest BCUT2D eigenvalue weighted by Crippen LogP contribution is -2.43. The zero-order valence-electron chi connectivity index (χ0n) is 16.8. The molecule has 0 amide bonds. The van der Waals surface area contributed by atoms with Gasteiger partial charge in [0, 0.05) is 42.2 Å². The van der Waals surface area contributed by atoms with Crippen molar-refractivity contribution in [1.29, 1.82) is 0 Å². The SMILES string of the molecule is CC1(C)CC(=O)C(C(C2=C(O)CC(C)(C)CC2=O)c2cccc(Cl)c2)C(=O)C1. The molecule has 2 aliphatic carbocycles. The van der Waals surface area contributed by atoms with Gasteiger partial charge in [-0.3, -0.25) is 14.4 Å². The van der Waals surface area contributed by atoms with Crippen LogP contribution in [0.1, 0.15) is 64.9 Å². The van der Waals surface area contributed by atoms with Crippen molar-refractivity contribution in [2.45, 2.75) is 59.3 Å². The van der Waals surface area contributed by atoms with E-state index in [1.807, 2.05) is 27.7 Å². The molecule has 0 radical (unpaired) electrons. The Morgan fingerprint density at radius 3 is 2.07 bits per heavy atom. The van der Waals surface area contributed by atoms with Crippen LogP contribution in [0.15, 0.2) is 35.6 Å². The predicted molar refractivity (Wildman–Crippen MR) is 108 cm³/mol. The van der Waals surface area contributed by atoms with Crippen molar-refractivity contribution in [1.82, 2.24) is 0 Å². The molecule has 0 aliphatic heterocycles. The first-order valence-corrected chi connectivity index (χ1v) is 10.0. The fourth-order valence-corrected chi connectivity index (χ4v) is 4.86. The van der Waals surface area contributed by atoms with Gasteiger partial charge >= 0.3 is 0 Å². The molecule has 0 saturated heterocycles. The summed E-state index contributed by atoms with van der Waals surface area (Å²) in [6, 6.07) is 6.89. The Bertz CT molecular complexity index is 858. The molecule has 1 aromatic carbocycles. The Morgan fingerprint density at radius 2 is 1.54 bits per heavy atom. The van der Waals surface area contributed by atoms with E-state index in [4.69, 9.17) is 11.6 Å². The molecule has 0 aromatic heterocycles. The van der Waals surface area contributed by atoms with Crippen LogP contribution in [-0.2, 0) is 14.4 Å². The fraction of sp³-hybridized carbons (Fsp3) is 0.522. The highest BCUT2D eigenvalue weighted by Crippen LogP contribution is 2.47. The van der Waals surface area contributed by atoms with E-state index in [9.17, 15) is 19.5 Å². The normalized spacial score (nSPS) is 23.8. The van der Waals surface area contributed by atoms with Gasteiger partial charge in [0.1, 0.15) is 17.3 Å². The topological polar surface area (TPSA) is 71.4 Å². The number of rotatable bonds is 3. The average Bonchev–Trinajstić information content (AvgIpc) is 2.49. The highest BCUT2D eigenvalue weighted by molar-refractivity contribution is 6.30. The van der Waals surface area contributed by atoms with Crippen molar-refractivity contribution >= 4 is 29.0 Å². The zero-order valence-corrected chi connectivity index (χ0v) is 17.6. The number of allylic oxidation sites excluding steroid dienone is 2. The van der Waals surface area contributed by atoms with Gasteiger partial charge in [0.05, 0.1) is 5.92 Å². The third-order valence-corrected chi connectivity index (χ3v) is 5.98. The highest BCUT2D eigenvalue weighted by atomic mass is 35.5. The molecule has 1 atom stereocenters. The maximum absolute atomic E-state index is 13.0. The lowest BCUT2D eigenvalue weighted by Gasteiger charge is -2.39. The summed E-state index contributed by atoms with van der Waals surface area (Å²) < 4.78 is 0. The molecule has 0 spiro atoms. The largest absolute Gasteiger partial charge is 0.512 e. The summed E-state index contributed by atoms with van der Waals surface area (Å²) in [7, 11) is 0. The van der Waals surface area contributed by atoms with Crippen LogP contribution < -0.4 is 0 Å². The minimum absolute atomic E-state index is 0.0170. The number of aliphatic hydroxyl groups is 1. The number of ketones is 3. The van der Waals surface area contributed by atoms with Crippen LogP contribution in [0.5, 0.6) is 0 Å². The summed E-state index contributed by atoms with van der Waals surface area (Å²) in [5, 5.41) is 11.2. The Labute approximate surface area is 171 Å². The lowest BCUT2D eigenvalue weighted by molar-refractivity contribution is -0.140. The van der Waals surface area contributed by atoms with Gasteiger partial charge in [-0.2, -0.15) is 0 Å². The molecule has 0 heterocycles. The van der Waals surface area contributed by atoms with Gasteiger partial charge in [-0.25, -0.2) is 0 Å². The summed E-state index contributed by atoms with van der Waals surface area (Å²) in [5.41, 5.74) is 0.0755. The third-order valence-electron chi connectivity index (χ3n) is 5.75. The van der Waals surface area contributed by atoms with Gasteiger partial charge in [0.2, 0.25) is 0 Å². The summed E-state index contributed by atoms with van der Waals surface area (Å²) >= 11 is 6.17.